The van der Waals surface area contributed by atoms with E-state index in [0.717, 1.165) is 30.8 Å². The first-order valence-corrected chi connectivity index (χ1v) is 8.63. The van der Waals surface area contributed by atoms with Crippen molar-refractivity contribution in [2.75, 3.05) is 11.9 Å². The normalized spacial score (nSPS) is 13.6. The van der Waals surface area contributed by atoms with Crippen LogP contribution in [0.1, 0.15) is 55.4 Å². The number of anilines is 1. The summed E-state index contributed by atoms with van der Waals surface area (Å²) >= 11 is 0. The molecule has 3 N–H and O–H groups in total. The zero-order valence-electron chi connectivity index (χ0n) is 14.8. The monoisotopic (exact) mass is 455 g/mol. The molecule has 0 amide bonds. The van der Waals surface area contributed by atoms with Crippen LogP contribution in [-0.4, -0.2) is 22.6 Å². The molecule has 0 spiro atoms. The topological polar surface area (TPSA) is 89.3 Å². The number of nitrogens with one attached hydrogen (secondary N) is 1. The molecule has 1 aliphatic rings. The predicted octanol–water partition coefficient (Wildman–Crippen LogP) is 3.66. The Morgan fingerprint density at radius 2 is 2.12 bits per heavy atom. The van der Waals surface area contributed by atoms with Gasteiger partial charge >= 0.3 is 0 Å². The maximum Gasteiger partial charge on any atom is 0.226 e. The third-order valence-corrected chi connectivity index (χ3v) is 4.20. The molecule has 7 heteroatoms. The van der Waals surface area contributed by atoms with Crippen LogP contribution >= 0.6 is 24.0 Å². The summed E-state index contributed by atoms with van der Waals surface area (Å²) in [7, 11) is 0. The van der Waals surface area contributed by atoms with Crippen LogP contribution in [0.2, 0.25) is 0 Å². The summed E-state index contributed by atoms with van der Waals surface area (Å²) in [6.45, 7) is 4.72. The molecular formula is C18H26IN5O. The number of aromatic nitrogens is 2. The maximum atomic E-state index is 5.96. The Morgan fingerprint density at radius 1 is 1.32 bits per heavy atom. The fourth-order valence-electron chi connectivity index (χ4n) is 2.87. The number of fused-ring (bicyclic) bond motifs is 1. The van der Waals surface area contributed by atoms with Gasteiger partial charge in [0.2, 0.25) is 5.89 Å². The van der Waals surface area contributed by atoms with E-state index < -0.39 is 0 Å². The lowest BCUT2D eigenvalue weighted by atomic mass is 10.1. The van der Waals surface area contributed by atoms with Crippen LogP contribution in [0.3, 0.4) is 0 Å². The standard InChI is InChI=1S/C18H25N5O.HI/c1-12(2)17-22-16(24-23-17)7-4-10-20-18(19)21-15-9-8-13-5-3-6-14(13)11-15;/h8-9,11-12H,3-7,10H2,1-2H3,(H3,19,20,21);1H. The molecule has 3 rings (SSSR count). The van der Waals surface area contributed by atoms with Crippen molar-refractivity contribution in [1.29, 1.82) is 0 Å². The highest BCUT2D eigenvalue weighted by molar-refractivity contribution is 14.0. The number of aliphatic imine (C=N–C) groups is 1. The van der Waals surface area contributed by atoms with Crippen molar-refractivity contribution in [3.05, 3.63) is 41.0 Å². The van der Waals surface area contributed by atoms with Gasteiger partial charge in [0.25, 0.3) is 0 Å². The van der Waals surface area contributed by atoms with Crippen molar-refractivity contribution < 1.29 is 4.52 Å². The van der Waals surface area contributed by atoms with Crippen molar-refractivity contribution in [3.63, 3.8) is 0 Å². The zero-order valence-corrected chi connectivity index (χ0v) is 17.1. The van der Waals surface area contributed by atoms with Crippen molar-refractivity contribution >= 4 is 35.6 Å². The van der Waals surface area contributed by atoms with E-state index in [-0.39, 0.29) is 29.9 Å². The van der Waals surface area contributed by atoms with Crippen LogP contribution in [0.4, 0.5) is 5.69 Å². The summed E-state index contributed by atoms with van der Waals surface area (Å²) in [5, 5.41) is 7.12. The maximum absolute atomic E-state index is 5.96. The van der Waals surface area contributed by atoms with Crippen LogP contribution in [0.15, 0.2) is 27.7 Å². The second kappa shape index (κ2) is 9.17. The van der Waals surface area contributed by atoms with Crippen molar-refractivity contribution in [2.24, 2.45) is 10.7 Å². The first kappa shape index (κ1) is 19.7. The van der Waals surface area contributed by atoms with Crippen LogP contribution in [0, 0.1) is 0 Å². The minimum Gasteiger partial charge on any atom is -0.370 e. The molecule has 0 aliphatic heterocycles. The van der Waals surface area contributed by atoms with E-state index in [2.05, 4.69) is 38.6 Å². The summed E-state index contributed by atoms with van der Waals surface area (Å²) in [6, 6.07) is 6.43. The van der Waals surface area contributed by atoms with Crippen molar-refractivity contribution in [2.45, 2.75) is 51.9 Å². The molecular weight excluding hydrogens is 429 g/mol. The highest BCUT2D eigenvalue weighted by atomic mass is 127. The quantitative estimate of drug-likeness (QED) is 0.300. The molecule has 25 heavy (non-hydrogen) atoms. The Labute approximate surface area is 165 Å². The SMILES string of the molecule is CC(C)c1noc(CCCN=C(N)Nc2ccc3c(c2)CCC3)n1.I. The number of benzene rings is 1. The number of guanidine groups is 1. The first-order valence-electron chi connectivity index (χ1n) is 8.63. The fraction of sp³-hybridized carbons (Fsp3) is 0.500. The number of aryl methyl sites for hydroxylation is 3. The molecule has 6 nitrogen and oxygen atoms in total. The highest BCUT2D eigenvalue weighted by Gasteiger charge is 2.11. The van der Waals surface area contributed by atoms with Crippen LogP contribution in [-0.2, 0) is 19.3 Å². The minimum atomic E-state index is 0. The van der Waals surface area contributed by atoms with E-state index in [0.29, 0.717) is 18.4 Å². The molecule has 0 radical (unpaired) electrons. The summed E-state index contributed by atoms with van der Waals surface area (Å²) in [5.74, 6) is 2.15. The first-order chi connectivity index (χ1) is 11.6. The molecule has 0 atom stereocenters. The van der Waals surface area contributed by atoms with Crippen LogP contribution < -0.4 is 11.1 Å². The molecule has 1 aliphatic carbocycles. The Kier molecular flexibility index (Phi) is 7.22. The molecule has 1 aromatic carbocycles. The number of nitrogens with zero attached hydrogens (tertiary/aromatic N) is 3. The molecule has 0 fully saturated rings. The van der Waals surface area contributed by atoms with Gasteiger partial charge in [0, 0.05) is 24.6 Å². The number of halogens is 1. The molecule has 1 heterocycles. The van der Waals surface area contributed by atoms with Gasteiger partial charge in [-0.15, -0.1) is 24.0 Å². The Bertz CT molecular complexity index is 726. The molecule has 136 valence electrons. The van der Waals surface area contributed by atoms with E-state index in [4.69, 9.17) is 10.3 Å². The van der Waals surface area contributed by atoms with Gasteiger partial charge in [0.15, 0.2) is 11.8 Å². The summed E-state index contributed by atoms with van der Waals surface area (Å²) in [4.78, 5) is 8.72. The third kappa shape index (κ3) is 5.42. The summed E-state index contributed by atoms with van der Waals surface area (Å²) in [6.07, 6.45) is 5.13. The highest BCUT2D eigenvalue weighted by Crippen LogP contribution is 2.24. The third-order valence-electron chi connectivity index (χ3n) is 4.20. The molecule has 1 aromatic heterocycles. The van der Waals surface area contributed by atoms with Crippen molar-refractivity contribution in [3.8, 4) is 0 Å². The predicted molar refractivity (Wildman–Crippen MR) is 111 cm³/mol. The average Bonchev–Trinajstić information content (AvgIpc) is 3.20. The van der Waals surface area contributed by atoms with Gasteiger partial charge in [0.05, 0.1) is 0 Å². The Morgan fingerprint density at radius 3 is 2.88 bits per heavy atom. The lowest BCUT2D eigenvalue weighted by Gasteiger charge is -2.07. The molecule has 0 saturated carbocycles. The molecule has 0 unspecified atom stereocenters. The van der Waals surface area contributed by atoms with Gasteiger partial charge in [-0.3, -0.25) is 4.99 Å². The van der Waals surface area contributed by atoms with Gasteiger partial charge in [-0.1, -0.05) is 25.1 Å². The second-order valence-corrected chi connectivity index (χ2v) is 6.53. The Balaban J connectivity index is 0.00000225. The van der Waals surface area contributed by atoms with E-state index in [1.54, 1.807) is 0 Å². The van der Waals surface area contributed by atoms with Crippen LogP contribution in [0.5, 0.6) is 0 Å². The Hall–Kier alpha value is -1.64. The van der Waals surface area contributed by atoms with Gasteiger partial charge in [-0.25, -0.2) is 0 Å². The van der Waals surface area contributed by atoms with E-state index in [1.165, 1.54) is 24.0 Å². The van der Waals surface area contributed by atoms with Gasteiger partial charge in [0.1, 0.15) is 0 Å². The number of nitrogens with two attached hydrogens (primary N) is 1. The van der Waals surface area contributed by atoms with Crippen molar-refractivity contribution in [1.82, 2.24) is 10.1 Å². The second-order valence-electron chi connectivity index (χ2n) is 6.53. The molecule has 2 aromatic rings. The van der Waals surface area contributed by atoms with E-state index in [9.17, 15) is 0 Å². The minimum absolute atomic E-state index is 0. The van der Waals surface area contributed by atoms with E-state index >= 15 is 0 Å². The van der Waals surface area contributed by atoms with Gasteiger partial charge < -0.3 is 15.6 Å². The fourth-order valence-corrected chi connectivity index (χ4v) is 2.87. The zero-order chi connectivity index (χ0) is 16.9. The van der Waals surface area contributed by atoms with Gasteiger partial charge in [-0.05, 0) is 48.9 Å². The van der Waals surface area contributed by atoms with Gasteiger partial charge in [-0.2, -0.15) is 4.98 Å². The number of hydrogen-bond acceptors (Lipinski definition) is 4. The average molecular weight is 455 g/mol. The number of hydrogen-bond donors (Lipinski definition) is 2. The lowest BCUT2D eigenvalue weighted by molar-refractivity contribution is 0.369. The molecule has 0 bridgehead atoms. The smallest absolute Gasteiger partial charge is 0.226 e. The number of rotatable bonds is 6. The summed E-state index contributed by atoms with van der Waals surface area (Å²) in [5.41, 5.74) is 9.85. The van der Waals surface area contributed by atoms with Crippen LogP contribution in [0.25, 0.3) is 0 Å². The molecule has 0 saturated heterocycles. The largest absolute Gasteiger partial charge is 0.370 e. The lowest BCUT2D eigenvalue weighted by Crippen LogP contribution is -2.23. The van der Waals surface area contributed by atoms with E-state index in [1.807, 2.05) is 13.8 Å². The summed E-state index contributed by atoms with van der Waals surface area (Å²) < 4.78 is 5.21.